The molecule has 106 valence electrons. The van der Waals surface area contributed by atoms with Crippen molar-refractivity contribution < 1.29 is 23.1 Å². The Labute approximate surface area is 110 Å². The molecule has 0 aliphatic carbocycles. The topological polar surface area (TPSA) is 118 Å². The number of carbonyl (C=O) groups excluding carboxylic acids is 1. The van der Waals surface area contributed by atoms with E-state index in [1.165, 1.54) is 17.1 Å². The summed E-state index contributed by atoms with van der Waals surface area (Å²) in [7, 11) is -1.69. The first-order valence-electron chi connectivity index (χ1n) is 5.38. The lowest BCUT2D eigenvalue weighted by Gasteiger charge is -2.13. The monoisotopic (exact) mass is 289 g/mol. The van der Waals surface area contributed by atoms with Gasteiger partial charge in [-0.2, -0.15) is 0 Å². The van der Waals surface area contributed by atoms with Crippen LogP contribution in [-0.4, -0.2) is 53.0 Å². The summed E-state index contributed by atoms with van der Waals surface area (Å²) in [6.45, 7) is 0. The van der Waals surface area contributed by atoms with E-state index in [4.69, 9.17) is 5.11 Å². The van der Waals surface area contributed by atoms with Crippen LogP contribution in [-0.2, 0) is 21.7 Å². The van der Waals surface area contributed by atoms with Gasteiger partial charge in [-0.1, -0.05) is 0 Å². The van der Waals surface area contributed by atoms with Gasteiger partial charge >= 0.3 is 5.97 Å². The van der Waals surface area contributed by atoms with Crippen molar-refractivity contribution in [3.8, 4) is 0 Å². The Morgan fingerprint density at radius 3 is 2.58 bits per heavy atom. The molecule has 1 aromatic rings. The fourth-order valence-electron chi connectivity index (χ4n) is 1.40. The molecule has 1 heterocycles. The molecule has 2 N–H and O–H groups in total. The third kappa shape index (κ3) is 4.70. The number of carbonyl (C=O) groups is 2. The Balaban J connectivity index is 2.72. The number of aryl methyl sites for hydroxylation is 1. The Kier molecular flexibility index (Phi) is 4.65. The lowest BCUT2D eigenvalue weighted by Crippen LogP contribution is -2.42. The highest BCUT2D eigenvalue weighted by Crippen LogP contribution is 2.01. The van der Waals surface area contributed by atoms with E-state index in [1.807, 2.05) is 0 Å². The molecule has 0 fully saturated rings. The number of imidazole rings is 1. The molecule has 0 bridgehead atoms. The van der Waals surface area contributed by atoms with Crippen LogP contribution in [0.1, 0.15) is 16.9 Å². The quantitative estimate of drug-likeness (QED) is 0.696. The maximum Gasteiger partial charge on any atom is 0.326 e. The molecule has 19 heavy (non-hydrogen) atoms. The molecule has 0 spiro atoms. The molecular weight excluding hydrogens is 274 g/mol. The summed E-state index contributed by atoms with van der Waals surface area (Å²) in [5.41, 5.74) is 0.200. The van der Waals surface area contributed by atoms with Gasteiger partial charge in [0, 0.05) is 13.3 Å². The molecule has 1 rings (SSSR count). The SMILES string of the molecule is Cn1cncc1C(=O)NC(CCS(C)(=O)=O)C(=O)O. The third-order valence-electron chi connectivity index (χ3n) is 2.43. The molecule has 0 saturated heterocycles. The predicted molar refractivity (Wildman–Crippen MR) is 66.4 cm³/mol. The molecule has 0 aliphatic rings. The average molecular weight is 289 g/mol. The van der Waals surface area contributed by atoms with Crippen LogP contribution in [0.25, 0.3) is 0 Å². The minimum Gasteiger partial charge on any atom is -0.480 e. The Morgan fingerprint density at radius 1 is 1.53 bits per heavy atom. The van der Waals surface area contributed by atoms with Gasteiger partial charge in [-0.15, -0.1) is 0 Å². The summed E-state index contributed by atoms with van der Waals surface area (Å²) in [4.78, 5) is 26.5. The van der Waals surface area contributed by atoms with E-state index in [-0.39, 0.29) is 17.9 Å². The van der Waals surface area contributed by atoms with Crippen molar-refractivity contribution in [3.05, 3.63) is 18.2 Å². The number of sulfone groups is 1. The summed E-state index contributed by atoms with van der Waals surface area (Å²) in [6.07, 6.45) is 3.53. The van der Waals surface area contributed by atoms with E-state index in [1.54, 1.807) is 7.05 Å². The molecule has 1 atom stereocenters. The van der Waals surface area contributed by atoms with Crippen LogP contribution in [0.4, 0.5) is 0 Å². The largest absolute Gasteiger partial charge is 0.480 e. The zero-order chi connectivity index (χ0) is 14.6. The van der Waals surface area contributed by atoms with Crippen molar-refractivity contribution in [2.75, 3.05) is 12.0 Å². The van der Waals surface area contributed by atoms with E-state index in [0.717, 1.165) is 6.26 Å². The van der Waals surface area contributed by atoms with E-state index in [2.05, 4.69) is 10.3 Å². The number of amides is 1. The maximum absolute atomic E-state index is 11.8. The first kappa shape index (κ1) is 15.2. The number of rotatable bonds is 6. The second-order valence-corrected chi connectivity index (χ2v) is 6.43. The summed E-state index contributed by atoms with van der Waals surface area (Å²) < 4.78 is 23.4. The molecule has 0 saturated carbocycles. The molecule has 0 aliphatic heterocycles. The van der Waals surface area contributed by atoms with E-state index < -0.39 is 27.8 Å². The number of aromatic nitrogens is 2. The van der Waals surface area contributed by atoms with Crippen molar-refractivity contribution in [2.45, 2.75) is 12.5 Å². The van der Waals surface area contributed by atoms with Gasteiger partial charge in [-0.3, -0.25) is 4.79 Å². The summed E-state index contributed by atoms with van der Waals surface area (Å²) in [5, 5.41) is 11.2. The molecule has 9 heteroatoms. The highest BCUT2D eigenvalue weighted by atomic mass is 32.2. The minimum atomic E-state index is -3.28. The van der Waals surface area contributed by atoms with Crippen molar-refractivity contribution >= 4 is 21.7 Å². The third-order valence-corrected chi connectivity index (χ3v) is 3.41. The molecule has 1 aromatic heterocycles. The van der Waals surface area contributed by atoms with Gasteiger partial charge < -0.3 is 15.0 Å². The molecule has 8 nitrogen and oxygen atoms in total. The second kappa shape index (κ2) is 5.83. The van der Waals surface area contributed by atoms with E-state index >= 15 is 0 Å². The summed E-state index contributed by atoms with van der Waals surface area (Å²) in [5.74, 6) is -2.20. The average Bonchev–Trinajstić information content (AvgIpc) is 2.68. The first-order chi connectivity index (χ1) is 8.70. The van der Waals surface area contributed by atoms with Crippen molar-refractivity contribution in [1.29, 1.82) is 0 Å². The van der Waals surface area contributed by atoms with Crippen LogP contribution < -0.4 is 5.32 Å². The Hall–Kier alpha value is -1.90. The van der Waals surface area contributed by atoms with Crippen molar-refractivity contribution in [2.24, 2.45) is 7.05 Å². The van der Waals surface area contributed by atoms with Gasteiger partial charge in [0.05, 0.1) is 18.3 Å². The number of hydrogen-bond donors (Lipinski definition) is 2. The lowest BCUT2D eigenvalue weighted by molar-refractivity contribution is -0.139. The van der Waals surface area contributed by atoms with Gasteiger partial charge in [-0.25, -0.2) is 18.2 Å². The highest BCUT2D eigenvalue weighted by Gasteiger charge is 2.23. The van der Waals surface area contributed by atoms with Crippen LogP contribution in [0.2, 0.25) is 0 Å². The van der Waals surface area contributed by atoms with Gasteiger partial charge in [0.15, 0.2) is 0 Å². The lowest BCUT2D eigenvalue weighted by atomic mass is 10.2. The smallest absolute Gasteiger partial charge is 0.326 e. The normalized spacial score (nSPS) is 12.9. The standard InChI is InChI=1S/C10H15N3O5S/c1-13-6-11-5-8(13)9(14)12-7(10(15)16)3-4-19(2,17)18/h5-7H,3-4H2,1-2H3,(H,12,14)(H,15,16). The number of hydrogen-bond acceptors (Lipinski definition) is 5. The van der Waals surface area contributed by atoms with E-state index in [0.29, 0.717) is 0 Å². The van der Waals surface area contributed by atoms with Gasteiger partial charge in [0.2, 0.25) is 0 Å². The highest BCUT2D eigenvalue weighted by molar-refractivity contribution is 7.90. The van der Waals surface area contributed by atoms with Crippen molar-refractivity contribution in [3.63, 3.8) is 0 Å². The number of carboxylic acid groups (broad SMARTS) is 1. The summed E-state index contributed by atoms with van der Waals surface area (Å²) >= 11 is 0. The Bertz CT molecular complexity index is 578. The molecule has 0 radical (unpaired) electrons. The Morgan fingerprint density at radius 2 is 2.16 bits per heavy atom. The number of nitrogens with one attached hydrogen (secondary N) is 1. The fourth-order valence-corrected chi connectivity index (χ4v) is 2.06. The molecular formula is C10H15N3O5S. The number of carboxylic acids is 1. The van der Waals surface area contributed by atoms with Crippen molar-refractivity contribution in [1.82, 2.24) is 14.9 Å². The predicted octanol–water partition coefficient (Wildman–Crippen LogP) is -0.962. The minimum absolute atomic E-state index is 0.183. The van der Waals surface area contributed by atoms with Gasteiger partial charge in [-0.05, 0) is 6.42 Å². The summed E-state index contributed by atoms with van der Waals surface area (Å²) in [6, 6.07) is -1.25. The number of nitrogens with zero attached hydrogens (tertiary/aromatic N) is 2. The first-order valence-corrected chi connectivity index (χ1v) is 7.44. The maximum atomic E-state index is 11.8. The zero-order valence-electron chi connectivity index (χ0n) is 10.5. The molecule has 1 unspecified atom stereocenters. The molecule has 0 aromatic carbocycles. The van der Waals surface area contributed by atoms with Crippen LogP contribution in [0, 0.1) is 0 Å². The molecule has 1 amide bonds. The van der Waals surface area contributed by atoms with Crippen LogP contribution >= 0.6 is 0 Å². The van der Waals surface area contributed by atoms with Gasteiger partial charge in [0.25, 0.3) is 5.91 Å². The van der Waals surface area contributed by atoms with Crippen LogP contribution in [0.5, 0.6) is 0 Å². The fraction of sp³-hybridized carbons (Fsp3) is 0.500. The van der Waals surface area contributed by atoms with Crippen LogP contribution in [0.3, 0.4) is 0 Å². The zero-order valence-corrected chi connectivity index (χ0v) is 11.3. The second-order valence-electron chi connectivity index (χ2n) is 4.17. The van der Waals surface area contributed by atoms with Gasteiger partial charge in [0.1, 0.15) is 21.6 Å². The van der Waals surface area contributed by atoms with E-state index in [9.17, 15) is 18.0 Å². The number of aliphatic carboxylic acids is 1. The van der Waals surface area contributed by atoms with Crippen LogP contribution in [0.15, 0.2) is 12.5 Å².